The van der Waals surface area contributed by atoms with Crippen molar-refractivity contribution in [1.29, 1.82) is 0 Å². The van der Waals surface area contributed by atoms with E-state index in [4.69, 9.17) is 0 Å². The van der Waals surface area contributed by atoms with E-state index in [-0.39, 0.29) is 17.4 Å². The number of amides is 1. The molecule has 1 heterocycles. The maximum atomic E-state index is 12.1. The van der Waals surface area contributed by atoms with Gasteiger partial charge in [-0.05, 0) is 33.1 Å². The van der Waals surface area contributed by atoms with Gasteiger partial charge < -0.3 is 10.4 Å². The molecule has 1 saturated heterocycles. The molecule has 0 radical (unpaired) electrons. The highest BCUT2D eigenvalue weighted by Gasteiger charge is 2.41. The monoisotopic (exact) mass is 254 g/mol. The molecule has 1 aliphatic carbocycles. The highest BCUT2D eigenvalue weighted by molar-refractivity contribution is 5.83. The molecule has 0 bridgehead atoms. The molecule has 18 heavy (non-hydrogen) atoms. The second-order valence-electron chi connectivity index (χ2n) is 6.44. The zero-order chi connectivity index (χ0) is 13.3. The molecular weight excluding hydrogens is 228 g/mol. The van der Waals surface area contributed by atoms with Gasteiger partial charge in [-0.3, -0.25) is 9.69 Å². The number of β-amino-alcohol motifs (C(OH)–C–C–N with tert-alkyl or cyclic N) is 1. The molecule has 2 rings (SSSR count). The van der Waals surface area contributed by atoms with Crippen LogP contribution in [0, 0.1) is 5.41 Å². The Morgan fingerprint density at radius 1 is 1.44 bits per heavy atom. The standard InChI is InChI=1S/C14H26N2O2/c1-10(2)16-8-5-11(12(17)9-16)15-13(18)14(3)6-4-7-14/h10-12,17H,4-9H2,1-3H3,(H,15,18). The average Bonchev–Trinajstić information content (AvgIpc) is 2.28. The van der Waals surface area contributed by atoms with E-state index < -0.39 is 6.10 Å². The molecule has 2 fully saturated rings. The summed E-state index contributed by atoms with van der Waals surface area (Å²) in [6, 6.07) is 0.394. The number of carbonyl (C=O) groups excluding carboxylic acids is 1. The minimum Gasteiger partial charge on any atom is -0.390 e. The van der Waals surface area contributed by atoms with Gasteiger partial charge in [-0.25, -0.2) is 0 Å². The molecule has 4 heteroatoms. The van der Waals surface area contributed by atoms with E-state index in [1.165, 1.54) is 0 Å². The lowest BCUT2D eigenvalue weighted by atomic mass is 9.69. The van der Waals surface area contributed by atoms with E-state index in [9.17, 15) is 9.90 Å². The number of nitrogens with one attached hydrogen (secondary N) is 1. The van der Waals surface area contributed by atoms with Crippen molar-refractivity contribution in [2.45, 2.75) is 64.6 Å². The van der Waals surface area contributed by atoms with Crippen LogP contribution in [-0.4, -0.2) is 47.2 Å². The Morgan fingerprint density at radius 2 is 2.11 bits per heavy atom. The van der Waals surface area contributed by atoms with Crippen LogP contribution >= 0.6 is 0 Å². The van der Waals surface area contributed by atoms with Gasteiger partial charge in [0.05, 0.1) is 12.1 Å². The van der Waals surface area contributed by atoms with Gasteiger partial charge >= 0.3 is 0 Å². The highest BCUT2D eigenvalue weighted by Crippen LogP contribution is 2.40. The number of nitrogens with zero attached hydrogens (tertiary/aromatic N) is 1. The number of rotatable bonds is 3. The Labute approximate surface area is 110 Å². The van der Waals surface area contributed by atoms with Crippen LogP contribution in [0.5, 0.6) is 0 Å². The van der Waals surface area contributed by atoms with E-state index in [0.717, 1.165) is 32.2 Å². The van der Waals surface area contributed by atoms with Crippen LogP contribution in [0.1, 0.15) is 46.5 Å². The molecule has 2 atom stereocenters. The number of likely N-dealkylation sites (tertiary alicyclic amines) is 1. The molecule has 104 valence electrons. The van der Waals surface area contributed by atoms with Crippen LogP contribution in [0.25, 0.3) is 0 Å². The maximum absolute atomic E-state index is 12.1. The Balaban J connectivity index is 1.85. The van der Waals surface area contributed by atoms with Crippen molar-refractivity contribution < 1.29 is 9.90 Å². The first-order chi connectivity index (χ1) is 8.42. The number of hydrogen-bond donors (Lipinski definition) is 2. The zero-order valence-corrected chi connectivity index (χ0v) is 11.8. The summed E-state index contributed by atoms with van der Waals surface area (Å²) in [5.41, 5.74) is -0.172. The molecule has 1 aliphatic heterocycles. The predicted molar refractivity (Wildman–Crippen MR) is 71.2 cm³/mol. The third-order valence-corrected chi connectivity index (χ3v) is 4.67. The van der Waals surface area contributed by atoms with E-state index >= 15 is 0 Å². The van der Waals surface area contributed by atoms with E-state index in [0.29, 0.717) is 12.6 Å². The molecule has 1 amide bonds. The van der Waals surface area contributed by atoms with Crippen molar-refractivity contribution in [3.05, 3.63) is 0 Å². The van der Waals surface area contributed by atoms with Crippen molar-refractivity contribution in [3.8, 4) is 0 Å². The second kappa shape index (κ2) is 5.17. The van der Waals surface area contributed by atoms with Gasteiger partial charge in [0.2, 0.25) is 5.91 Å². The van der Waals surface area contributed by atoms with Gasteiger partial charge in [-0.2, -0.15) is 0 Å². The van der Waals surface area contributed by atoms with Crippen LogP contribution in [0.4, 0.5) is 0 Å². The second-order valence-corrected chi connectivity index (χ2v) is 6.44. The molecule has 0 aromatic carbocycles. The molecule has 1 saturated carbocycles. The van der Waals surface area contributed by atoms with Crippen LogP contribution < -0.4 is 5.32 Å². The lowest BCUT2D eigenvalue weighted by Crippen LogP contribution is -2.58. The topological polar surface area (TPSA) is 52.6 Å². The quantitative estimate of drug-likeness (QED) is 0.794. The normalized spacial score (nSPS) is 32.1. The van der Waals surface area contributed by atoms with Gasteiger partial charge in [0, 0.05) is 24.5 Å². The Hall–Kier alpha value is -0.610. The van der Waals surface area contributed by atoms with Gasteiger partial charge in [0.1, 0.15) is 0 Å². The van der Waals surface area contributed by atoms with Crippen LogP contribution in [0.2, 0.25) is 0 Å². The third kappa shape index (κ3) is 2.69. The summed E-state index contributed by atoms with van der Waals surface area (Å²) in [6.07, 6.45) is 3.53. The number of hydrogen-bond acceptors (Lipinski definition) is 3. The molecule has 4 nitrogen and oxygen atoms in total. The summed E-state index contributed by atoms with van der Waals surface area (Å²) < 4.78 is 0. The number of piperidine rings is 1. The fourth-order valence-corrected chi connectivity index (χ4v) is 2.87. The Morgan fingerprint density at radius 3 is 2.56 bits per heavy atom. The zero-order valence-electron chi connectivity index (χ0n) is 11.8. The largest absolute Gasteiger partial charge is 0.390 e. The number of aliphatic hydroxyl groups excluding tert-OH is 1. The van der Waals surface area contributed by atoms with Gasteiger partial charge in [-0.15, -0.1) is 0 Å². The van der Waals surface area contributed by atoms with E-state index in [1.807, 2.05) is 6.92 Å². The lowest BCUT2D eigenvalue weighted by Gasteiger charge is -2.42. The van der Waals surface area contributed by atoms with Crippen molar-refractivity contribution in [3.63, 3.8) is 0 Å². The molecule has 2 N–H and O–H groups in total. The molecular formula is C14H26N2O2. The molecule has 2 unspecified atom stereocenters. The average molecular weight is 254 g/mol. The summed E-state index contributed by atoms with van der Waals surface area (Å²) in [6.45, 7) is 7.93. The minimum absolute atomic E-state index is 0.0649. The van der Waals surface area contributed by atoms with Crippen molar-refractivity contribution in [2.24, 2.45) is 5.41 Å². The summed E-state index contributed by atoms with van der Waals surface area (Å²) in [7, 11) is 0. The van der Waals surface area contributed by atoms with Crippen molar-refractivity contribution >= 4 is 5.91 Å². The summed E-state index contributed by atoms with van der Waals surface area (Å²) in [5.74, 6) is 0.135. The fraction of sp³-hybridized carbons (Fsp3) is 0.929. The van der Waals surface area contributed by atoms with Crippen LogP contribution in [0.3, 0.4) is 0 Å². The van der Waals surface area contributed by atoms with Gasteiger partial charge in [-0.1, -0.05) is 13.3 Å². The van der Waals surface area contributed by atoms with Gasteiger partial charge in [0.15, 0.2) is 0 Å². The first-order valence-corrected chi connectivity index (χ1v) is 7.15. The predicted octanol–water partition coefficient (Wildman–Crippen LogP) is 1.14. The number of aliphatic hydroxyl groups is 1. The molecule has 0 aromatic heterocycles. The van der Waals surface area contributed by atoms with Crippen molar-refractivity contribution in [2.75, 3.05) is 13.1 Å². The Kier molecular flexibility index (Phi) is 3.97. The van der Waals surface area contributed by atoms with Crippen LogP contribution in [0.15, 0.2) is 0 Å². The van der Waals surface area contributed by atoms with Crippen molar-refractivity contribution in [1.82, 2.24) is 10.2 Å². The minimum atomic E-state index is -0.436. The van der Waals surface area contributed by atoms with E-state index in [1.54, 1.807) is 0 Å². The summed E-state index contributed by atoms with van der Waals surface area (Å²) in [4.78, 5) is 14.4. The first-order valence-electron chi connectivity index (χ1n) is 7.15. The Bertz CT molecular complexity index is 313. The fourth-order valence-electron chi connectivity index (χ4n) is 2.87. The third-order valence-electron chi connectivity index (χ3n) is 4.67. The molecule has 0 spiro atoms. The highest BCUT2D eigenvalue weighted by atomic mass is 16.3. The van der Waals surface area contributed by atoms with Crippen LogP contribution in [-0.2, 0) is 4.79 Å². The summed E-state index contributed by atoms with van der Waals surface area (Å²) in [5, 5.41) is 13.2. The molecule has 0 aromatic rings. The smallest absolute Gasteiger partial charge is 0.226 e. The SMILES string of the molecule is CC(C)N1CCC(NC(=O)C2(C)CCC2)C(O)C1. The molecule has 2 aliphatic rings. The van der Waals surface area contributed by atoms with Gasteiger partial charge in [0.25, 0.3) is 0 Å². The maximum Gasteiger partial charge on any atom is 0.226 e. The first kappa shape index (κ1) is 13.8. The summed E-state index contributed by atoms with van der Waals surface area (Å²) >= 11 is 0. The van der Waals surface area contributed by atoms with E-state index in [2.05, 4.69) is 24.1 Å². The number of carbonyl (C=O) groups is 1. The lowest BCUT2D eigenvalue weighted by molar-refractivity contribution is -0.137.